The smallest absolute Gasteiger partial charge is 0.219 e. The molecule has 1 saturated carbocycles. The molecule has 0 spiro atoms. The summed E-state index contributed by atoms with van der Waals surface area (Å²) < 4.78 is 48.9. The number of unbranched alkanes of at least 4 members (excludes halogenated alkanes) is 19. The highest BCUT2D eigenvalue weighted by molar-refractivity contribution is 5.00. The van der Waals surface area contributed by atoms with Gasteiger partial charge >= 0.3 is 0 Å². The molecule has 28 nitrogen and oxygen atoms in total. The molecule has 4 heterocycles. The molecule has 24 atom stereocenters. The summed E-state index contributed by atoms with van der Waals surface area (Å²) in [4.78, 5) is 0. The summed E-state index contributed by atoms with van der Waals surface area (Å²) in [6, 6.07) is 0. The molecule has 1 aliphatic carbocycles. The zero-order valence-corrected chi connectivity index (χ0v) is 51.4. The van der Waals surface area contributed by atoms with Gasteiger partial charge in [0, 0.05) is 32.3 Å². The Hall–Kier alpha value is -1.12. The lowest BCUT2D eigenvalue weighted by atomic mass is 9.78. The maximum atomic E-state index is 10.7. The van der Waals surface area contributed by atoms with Gasteiger partial charge in [-0.1, -0.05) is 143 Å². The summed E-state index contributed by atoms with van der Waals surface area (Å²) >= 11 is 0. The van der Waals surface area contributed by atoms with Crippen LogP contribution in [0, 0.1) is 5.92 Å². The van der Waals surface area contributed by atoms with E-state index in [0.29, 0.717) is 13.2 Å². The molecule has 5 unspecified atom stereocenters. The lowest BCUT2D eigenvalue weighted by Crippen LogP contribution is -2.67. The minimum Gasteiger partial charge on any atom is -0.396 e. The highest BCUT2D eigenvalue weighted by Gasteiger charge is 2.57. The monoisotopic (exact) mass is 1270 g/mol. The Bertz CT molecular complexity index is 1690. The number of aliphatic hydroxyl groups is 19. The van der Waals surface area contributed by atoms with Gasteiger partial charge in [0.2, 0.25) is 5.79 Å². The number of hydrogen-bond acceptors (Lipinski definition) is 28. The molecule has 5 fully saturated rings. The van der Waals surface area contributed by atoms with Crippen LogP contribution in [0.5, 0.6) is 0 Å². The molecule has 5 aliphatic rings. The zero-order valence-electron chi connectivity index (χ0n) is 51.4. The van der Waals surface area contributed by atoms with E-state index in [-0.39, 0.29) is 19.6 Å². The van der Waals surface area contributed by atoms with Gasteiger partial charge in [0.1, 0.15) is 110 Å². The molecule has 5 rings (SSSR count). The fourth-order valence-corrected chi connectivity index (χ4v) is 10.9. The molecule has 0 aromatic rings. The molecule has 4 saturated heterocycles. The molecular formula is C59H114O28. The highest BCUT2D eigenvalue weighted by atomic mass is 16.7. The normalized spacial score (nSPS) is 37.9. The van der Waals surface area contributed by atoms with Crippen molar-refractivity contribution in [1.29, 1.82) is 0 Å². The molecule has 0 radical (unpaired) electrons. The van der Waals surface area contributed by atoms with Gasteiger partial charge in [-0.25, -0.2) is 0 Å². The highest BCUT2D eigenvalue weighted by Crippen LogP contribution is 2.38. The second-order valence-electron chi connectivity index (χ2n) is 23.8. The second kappa shape index (κ2) is 43.7. The summed E-state index contributed by atoms with van der Waals surface area (Å²) in [5, 5.41) is 189. The van der Waals surface area contributed by atoms with Gasteiger partial charge in [-0.15, -0.1) is 0 Å². The van der Waals surface area contributed by atoms with Crippen LogP contribution in [-0.4, -0.2) is 297 Å². The Morgan fingerprint density at radius 3 is 0.989 bits per heavy atom. The van der Waals surface area contributed by atoms with Crippen LogP contribution in [0.15, 0.2) is 0 Å². The van der Waals surface area contributed by atoms with Crippen LogP contribution in [0.1, 0.15) is 168 Å². The first kappa shape index (κ1) is 80.1. The van der Waals surface area contributed by atoms with Gasteiger partial charge < -0.3 is 140 Å². The number of rotatable bonds is 37. The standard InChI is InChI=1S/C25H48O11.C20H38O11.C14H28O6/c1-2-3-4-5-6-7-8-9-10-11-12-34-18-13-16(14-26)22(23(31)25(18,32)33)36-24-21(30)20(29)19(28)17(15-27)35-24;1-2-3-4-5-6-7-8-28-19-17(26)16(25)14(23)12(31-19)10-29-20-18(27)15(24)13(22)11(9-21)30-20;1-2-3-4-5-6-7-8-19-14-13(18)12(17)11(16)10(9-15)20-14/h16-24,26-33H,2-15H2,1H3;11-27H,2-10H2,1H3;10-18H,2-9H2,1H3/t16?,17?,18-,19-,20+,21?,22-,23+,24+;11-,12-,13+,14-,15+,16+,17-,18-,19-,20+;10?,11-,12+,13?,14-/m111/s1. The van der Waals surface area contributed by atoms with E-state index in [9.17, 15) is 91.9 Å². The molecule has 0 aromatic heterocycles. The van der Waals surface area contributed by atoms with E-state index in [1.54, 1.807) is 0 Å². The second-order valence-corrected chi connectivity index (χ2v) is 23.8. The molecule has 0 amide bonds. The van der Waals surface area contributed by atoms with E-state index in [2.05, 4.69) is 20.8 Å². The van der Waals surface area contributed by atoms with Gasteiger partial charge in [-0.05, 0) is 25.7 Å². The summed E-state index contributed by atoms with van der Waals surface area (Å²) in [5.74, 6) is -3.49. The van der Waals surface area contributed by atoms with Crippen molar-refractivity contribution in [2.24, 2.45) is 5.92 Å². The number of hydrogen-bond donors (Lipinski definition) is 19. The van der Waals surface area contributed by atoms with Crippen molar-refractivity contribution in [3.05, 3.63) is 0 Å². The van der Waals surface area contributed by atoms with Gasteiger partial charge in [0.25, 0.3) is 0 Å². The fraction of sp³-hybridized carbons (Fsp3) is 1.00. The van der Waals surface area contributed by atoms with Crippen molar-refractivity contribution in [2.75, 3.05) is 52.9 Å². The van der Waals surface area contributed by atoms with Gasteiger partial charge in [-0.3, -0.25) is 0 Å². The van der Waals surface area contributed by atoms with Crippen LogP contribution >= 0.6 is 0 Å². The Labute approximate surface area is 512 Å². The van der Waals surface area contributed by atoms with E-state index in [4.69, 9.17) is 47.7 Å². The first-order valence-corrected chi connectivity index (χ1v) is 32.1. The Morgan fingerprint density at radius 2 is 0.632 bits per heavy atom. The molecule has 87 heavy (non-hydrogen) atoms. The SMILES string of the molecule is CCCCCCCCCCCCO[C@@H]1CC(CO)[C@@H](O[C@@H]2OC(CO)[C@@H](O)[C@H](O)C2O)[C@H](O)C1(O)O.CCCCCCCCO[C@@H]1OC(CO)[C@@H](O)[C@H](O)C1O.CCCCCCCCO[C@@H]1O[C@H](CO[C@H]2O[C@H](CO)[C@H](O)[C@H](O)[C@H]2O)[C@@H](O)[C@H](O)[C@H]1O. The van der Waals surface area contributed by atoms with Gasteiger partial charge in [0.15, 0.2) is 25.2 Å². The predicted molar refractivity (Wildman–Crippen MR) is 307 cm³/mol. The van der Waals surface area contributed by atoms with Crippen LogP contribution in [0.3, 0.4) is 0 Å². The number of aliphatic hydroxyl groups excluding tert-OH is 17. The fourth-order valence-electron chi connectivity index (χ4n) is 10.9. The first-order valence-electron chi connectivity index (χ1n) is 32.1. The third kappa shape index (κ3) is 25.6. The molecule has 0 aromatic carbocycles. The van der Waals surface area contributed by atoms with Crippen molar-refractivity contribution in [3.63, 3.8) is 0 Å². The molecule has 518 valence electrons. The van der Waals surface area contributed by atoms with Crippen LogP contribution in [0.25, 0.3) is 0 Å². The van der Waals surface area contributed by atoms with Crippen LogP contribution in [0.2, 0.25) is 0 Å². The maximum Gasteiger partial charge on any atom is 0.219 e. The molecule has 0 bridgehead atoms. The largest absolute Gasteiger partial charge is 0.396 e. The third-order valence-corrected chi connectivity index (χ3v) is 16.7. The average molecular weight is 1270 g/mol. The van der Waals surface area contributed by atoms with Crippen molar-refractivity contribution < 1.29 is 140 Å². The van der Waals surface area contributed by atoms with Crippen LogP contribution < -0.4 is 0 Å². The minimum atomic E-state index is -2.69. The van der Waals surface area contributed by atoms with Crippen molar-refractivity contribution >= 4 is 0 Å². The maximum absolute atomic E-state index is 10.7. The third-order valence-electron chi connectivity index (χ3n) is 16.7. The van der Waals surface area contributed by atoms with Crippen LogP contribution in [-0.2, 0) is 42.6 Å². The summed E-state index contributed by atoms with van der Waals surface area (Å²) in [6.07, 6.45) is -7.72. The summed E-state index contributed by atoms with van der Waals surface area (Å²) in [5.41, 5.74) is 0. The van der Waals surface area contributed by atoms with Gasteiger partial charge in [0.05, 0.1) is 32.5 Å². The quantitative estimate of drug-likeness (QED) is 0.0229. The number of ether oxygens (including phenoxy) is 9. The minimum absolute atomic E-state index is 0.0413. The lowest BCUT2D eigenvalue weighted by molar-refractivity contribution is -0.366. The van der Waals surface area contributed by atoms with Gasteiger partial charge in [-0.2, -0.15) is 0 Å². The molecule has 19 N–H and O–H groups in total. The van der Waals surface area contributed by atoms with Crippen molar-refractivity contribution in [3.8, 4) is 0 Å². The van der Waals surface area contributed by atoms with E-state index in [0.717, 1.165) is 77.0 Å². The molecule has 28 heteroatoms. The Morgan fingerprint density at radius 1 is 0.333 bits per heavy atom. The Balaban J connectivity index is 0.000000355. The lowest BCUT2D eigenvalue weighted by Gasteiger charge is -2.48. The average Bonchev–Trinajstić information content (AvgIpc) is 2.60. The first-order chi connectivity index (χ1) is 41.6. The summed E-state index contributed by atoms with van der Waals surface area (Å²) in [6.45, 7) is 4.98. The molecular weight excluding hydrogens is 1160 g/mol. The van der Waals surface area contributed by atoms with E-state index < -0.39 is 179 Å². The zero-order chi connectivity index (χ0) is 64.6. The van der Waals surface area contributed by atoms with Crippen molar-refractivity contribution in [2.45, 2.75) is 315 Å². The van der Waals surface area contributed by atoms with Crippen molar-refractivity contribution in [1.82, 2.24) is 0 Å². The van der Waals surface area contributed by atoms with E-state index in [1.165, 1.54) is 64.2 Å². The topological polar surface area (TPSA) is 467 Å². The van der Waals surface area contributed by atoms with E-state index in [1.807, 2.05) is 0 Å². The van der Waals surface area contributed by atoms with Crippen LogP contribution in [0.4, 0.5) is 0 Å². The molecule has 4 aliphatic heterocycles. The predicted octanol–water partition coefficient (Wildman–Crippen LogP) is -2.32. The van der Waals surface area contributed by atoms with E-state index >= 15 is 0 Å². The summed E-state index contributed by atoms with van der Waals surface area (Å²) in [7, 11) is 0. The Kier molecular flexibility index (Phi) is 40.3.